The van der Waals surface area contributed by atoms with Crippen LogP contribution in [0, 0.1) is 0 Å². The highest BCUT2D eigenvalue weighted by atomic mass is 35.5. The van der Waals surface area contributed by atoms with E-state index in [4.69, 9.17) is 26.8 Å². The van der Waals surface area contributed by atoms with Gasteiger partial charge in [-0.2, -0.15) is 0 Å². The number of methoxy groups -OCH3 is 2. The largest absolute Gasteiger partial charge is 0.497 e. The number of carbonyl (C=O) groups is 1. The third-order valence-electron chi connectivity index (χ3n) is 2.89. The van der Waals surface area contributed by atoms with Crippen molar-refractivity contribution in [3.05, 3.63) is 47.0 Å². The fourth-order valence-electron chi connectivity index (χ4n) is 1.82. The Labute approximate surface area is 127 Å². The highest BCUT2D eigenvalue weighted by molar-refractivity contribution is 6.33. The zero-order valence-corrected chi connectivity index (χ0v) is 12.4. The summed E-state index contributed by atoms with van der Waals surface area (Å²) >= 11 is 6.14. The van der Waals surface area contributed by atoms with Crippen molar-refractivity contribution in [3.63, 3.8) is 0 Å². The Morgan fingerprint density at radius 2 is 1.90 bits per heavy atom. The lowest BCUT2D eigenvalue weighted by Gasteiger charge is -2.13. The van der Waals surface area contributed by atoms with E-state index >= 15 is 0 Å². The maximum Gasteiger partial charge on any atom is 0.340 e. The van der Waals surface area contributed by atoms with E-state index in [1.165, 1.54) is 7.11 Å². The lowest BCUT2D eigenvalue weighted by molar-refractivity contribution is 0.0602. The molecular weight excluding hydrogens is 292 g/mol. The van der Waals surface area contributed by atoms with Crippen LogP contribution in [0.1, 0.15) is 10.4 Å². The molecule has 0 saturated carbocycles. The average Bonchev–Trinajstić information content (AvgIpc) is 2.50. The summed E-state index contributed by atoms with van der Waals surface area (Å²) in [6, 6.07) is 10.1. The van der Waals surface area contributed by atoms with E-state index in [0.717, 1.165) is 0 Å². The smallest absolute Gasteiger partial charge is 0.340 e. The van der Waals surface area contributed by atoms with Gasteiger partial charge in [0.2, 0.25) is 0 Å². The number of carbonyl (C=O) groups excluding carboxylic acids is 1. The molecule has 21 heavy (non-hydrogen) atoms. The molecule has 0 aliphatic heterocycles. The summed E-state index contributed by atoms with van der Waals surface area (Å²) in [5, 5.41) is 3.59. The number of anilines is 3. The Balaban J connectivity index is 2.42. The number of nitrogen functional groups attached to an aromatic ring is 1. The van der Waals surface area contributed by atoms with Crippen molar-refractivity contribution in [1.82, 2.24) is 0 Å². The van der Waals surface area contributed by atoms with Gasteiger partial charge >= 0.3 is 5.97 Å². The standard InChI is InChI=1S/C15H15ClN2O3/c1-20-10-4-5-12(16)14(8-10)18-13-6-3-9(17)7-11(13)15(19)21-2/h3-8,18H,17H2,1-2H3. The van der Waals surface area contributed by atoms with Crippen LogP contribution < -0.4 is 15.8 Å². The van der Waals surface area contributed by atoms with Gasteiger partial charge in [-0.05, 0) is 30.3 Å². The first kappa shape index (κ1) is 15.0. The fraction of sp³-hybridized carbons (Fsp3) is 0.133. The average molecular weight is 307 g/mol. The molecule has 5 nitrogen and oxygen atoms in total. The number of rotatable bonds is 4. The van der Waals surface area contributed by atoms with E-state index in [2.05, 4.69) is 5.32 Å². The molecule has 0 unspecified atom stereocenters. The van der Waals surface area contributed by atoms with E-state index in [0.29, 0.717) is 33.4 Å². The van der Waals surface area contributed by atoms with Gasteiger partial charge in [0.25, 0.3) is 0 Å². The molecule has 2 rings (SSSR count). The van der Waals surface area contributed by atoms with Gasteiger partial charge in [0.15, 0.2) is 0 Å². The minimum Gasteiger partial charge on any atom is -0.497 e. The van der Waals surface area contributed by atoms with Crippen LogP contribution in [0.5, 0.6) is 5.75 Å². The van der Waals surface area contributed by atoms with Gasteiger partial charge in [-0.3, -0.25) is 0 Å². The van der Waals surface area contributed by atoms with Crippen molar-refractivity contribution < 1.29 is 14.3 Å². The molecule has 0 heterocycles. The van der Waals surface area contributed by atoms with E-state index in [-0.39, 0.29) is 0 Å². The molecule has 0 fully saturated rings. The quantitative estimate of drug-likeness (QED) is 0.668. The fourth-order valence-corrected chi connectivity index (χ4v) is 1.99. The molecule has 3 N–H and O–H groups in total. The molecule has 0 saturated heterocycles. The number of esters is 1. The third kappa shape index (κ3) is 3.38. The van der Waals surface area contributed by atoms with Crippen LogP contribution in [0.15, 0.2) is 36.4 Å². The molecule has 2 aromatic carbocycles. The summed E-state index contributed by atoms with van der Waals surface area (Å²) < 4.78 is 9.91. The van der Waals surface area contributed by atoms with E-state index in [1.807, 2.05) is 0 Å². The summed E-state index contributed by atoms with van der Waals surface area (Å²) in [5.74, 6) is 0.167. The molecule has 0 spiro atoms. The van der Waals surface area contributed by atoms with Crippen molar-refractivity contribution in [1.29, 1.82) is 0 Å². The lowest BCUT2D eigenvalue weighted by Crippen LogP contribution is -2.06. The highest BCUT2D eigenvalue weighted by Crippen LogP contribution is 2.31. The second-order valence-electron chi connectivity index (χ2n) is 4.27. The molecule has 110 valence electrons. The molecular formula is C15H15ClN2O3. The van der Waals surface area contributed by atoms with Crippen LogP contribution in [0.3, 0.4) is 0 Å². The number of nitrogens with one attached hydrogen (secondary N) is 1. The maximum atomic E-state index is 11.8. The number of hydrogen-bond acceptors (Lipinski definition) is 5. The first-order valence-corrected chi connectivity index (χ1v) is 6.51. The normalized spacial score (nSPS) is 10.0. The molecule has 0 aromatic heterocycles. The predicted molar refractivity (Wildman–Crippen MR) is 83.5 cm³/mol. The molecule has 2 aromatic rings. The number of benzene rings is 2. The minimum atomic E-state index is -0.483. The molecule has 0 atom stereocenters. The summed E-state index contributed by atoms with van der Waals surface area (Å²) in [5.41, 5.74) is 7.67. The van der Waals surface area contributed by atoms with Gasteiger partial charge in [0, 0.05) is 11.8 Å². The number of halogens is 1. The molecule has 6 heteroatoms. The van der Waals surface area contributed by atoms with Gasteiger partial charge in [-0.1, -0.05) is 11.6 Å². The van der Waals surface area contributed by atoms with Gasteiger partial charge in [0.1, 0.15) is 5.75 Å². The first-order valence-electron chi connectivity index (χ1n) is 6.13. The van der Waals surface area contributed by atoms with Crippen LogP contribution in [0.25, 0.3) is 0 Å². The lowest BCUT2D eigenvalue weighted by atomic mass is 10.1. The summed E-state index contributed by atoms with van der Waals surface area (Å²) in [6.07, 6.45) is 0. The third-order valence-corrected chi connectivity index (χ3v) is 3.22. The Morgan fingerprint density at radius 3 is 2.57 bits per heavy atom. The van der Waals surface area contributed by atoms with Crippen molar-refractivity contribution in [2.75, 3.05) is 25.3 Å². The zero-order valence-electron chi connectivity index (χ0n) is 11.6. The first-order chi connectivity index (χ1) is 10.0. The Kier molecular flexibility index (Phi) is 4.55. The van der Waals surface area contributed by atoms with Crippen molar-refractivity contribution in [3.8, 4) is 5.75 Å². The van der Waals surface area contributed by atoms with Crippen molar-refractivity contribution in [2.45, 2.75) is 0 Å². The highest BCUT2D eigenvalue weighted by Gasteiger charge is 2.13. The van der Waals surface area contributed by atoms with Crippen LogP contribution in [-0.2, 0) is 4.74 Å². The van der Waals surface area contributed by atoms with E-state index in [9.17, 15) is 4.79 Å². The Bertz CT molecular complexity index is 674. The Hall–Kier alpha value is -2.40. The topological polar surface area (TPSA) is 73.6 Å². The van der Waals surface area contributed by atoms with Crippen molar-refractivity contribution in [2.24, 2.45) is 0 Å². The molecule has 0 aliphatic rings. The molecule has 0 bridgehead atoms. The second kappa shape index (κ2) is 6.37. The van der Waals surface area contributed by atoms with Crippen LogP contribution >= 0.6 is 11.6 Å². The van der Waals surface area contributed by atoms with Gasteiger partial charge in [0.05, 0.1) is 36.2 Å². The number of nitrogens with two attached hydrogens (primary N) is 1. The number of ether oxygens (including phenoxy) is 2. The number of hydrogen-bond donors (Lipinski definition) is 2. The Morgan fingerprint density at radius 1 is 1.14 bits per heavy atom. The van der Waals surface area contributed by atoms with E-state index < -0.39 is 5.97 Å². The molecule has 0 radical (unpaired) electrons. The van der Waals surface area contributed by atoms with Gasteiger partial charge in [-0.25, -0.2) is 4.79 Å². The van der Waals surface area contributed by atoms with Crippen molar-refractivity contribution >= 4 is 34.6 Å². The molecule has 0 aliphatic carbocycles. The van der Waals surface area contributed by atoms with Crippen LogP contribution in [0.4, 0.5) is 17.1 Å². The summed E-state index contributed by atoms with van der Waals surface area (Å²) in [6.45, 7) is 0. The van der Waals surface area contributed by atoms with Gasteiger partial charge < -0.3 is 20.5 Å². The molecule has 0 amide bonds. The van der Waals surface area contributed by atoms with Crippen LogP contribution in [0.2, 0.25) is 5.02 Å². The minimum absolute atomic E-state index is 0.330. The predicted octanol–water partition coefficient (Wildman–Crippen LogP) is 3.46. The summed E-state index contributed by atoms with van der Waals surface area (Å²) in [4.78, 5) is 11.8. The zero-order chi connectivity index (χ0) is 15.4. The monoisotopic (exact) mass is 306 g/mol. The maximum absolute atomic E-state index is 11.8. The summed E-state index contributed by atoms with van der Waals surface area (Å²) in [7, 11) is 2.88. The second-order valence-corrected chi connectivity index (χ2v) is 4.67. The van der Waals surface area contributed by atoms with Crippen LogP contribution in [-0.4, -0.2) is 20.2 Å². The SMILES string of the molecule is COC(=O)c1cc(N)ccc1Nc1cc(OC)ccc1Cl. The van der Waals surface area contributed by atoms with Gasteiger partial charge in [-0.15, -0.1) is 0 Å². The van der Waals surface area contributed by atoms with E-state index in [1.54, 1.807) is 43.5 Å².